The Morgan fingerprint density at radius 3 is 2.67 bits per heavy atom. The van der Waals surface area contributed by atoms with Crippen LogP contribution >= 0.6 is 0 Å². The Kier molecular flexibility index (Phi) is 3.55. The number of aromatic nitrogens is 2. The number of methoxy groups -OCH3 is 1. The maximum absolute atomic E-state index is 12.1. The third kappa shape index (κ3) is 2.71. The highest BCUT2D eigenvalue weighted by atomic mass is 16.7. The summed E-state index contributed by atoms with van der Waals surface area (Å²) in [5.74, 6) is 1.26. The normalized spacial score (nSPS) is 12.0. The van der Waals surface area contributed by atoms with Crippen molar-refractivity contribution in [1.29, 1.82) is 0 Å². The van der Waals surface area contributed by atoms with Gasteiger partial charge in [-0.3, -0.25) is 0 Å². The van der Waals surface area contributed by atoms with Crippen LogP contribution in [0.3, 0.4) is 0 Å². The summed E-state index contributed by atoms with van der Waals surface area (Å²) in [7, 11) is 1.47. The standard InChI is InChI=1S/C14H12N2O5/c1-18-10-6-12-11(20-8-21-12)5-9(10)14(17)19-7-13-15-3-2-4-16-13/h2-6H,7-8H2,1H3. The van der Waals surface area contributed by atoms with Gasteiger partial charge < -0.3 is 18.9 Å². The number of rotatable bonds is 4. The molecule has 1 aliphatic rings. The van der Waals surface area contributed by atoms with Crippen LogP contribution < -0.4 is 14.2 Å². The van der Waals surface area contributed by atoms with Crippen molar-refractivity contribution in [2.75, 3.05) is 13.9 Å². The second-order valence-electron chi connectivity index (χ2n) is 4.15. The maximum Gasteiger partial charge on any atom is 0.342 e. The minimum atomic E-state index is -0.544. The van der Waals surface area contributed by atoms with Crippen LogP contribution in [0.2, 0.25) is 0 Å². The fourth-order valence-electron chi connectivity index (χ4n) is 1.86. The van der Waals surface area contributed by atoms with Crippen LogP contribution in [0.15, 0.2) is 30.6 Å². The summed E-state index contributed by atoms with van der Waals surface area (Å²) in [5, 5.41) is 0. The first-order chi connectivity index (χ1) is 10.3. The quantitative estimate of drug-likeness (QED) is 0.790. The third-order valence-corrected chi connectivity index (χ3v) is 2.87. The number of nitrogens with zero attached hydrogens (tertiary/aromatic N) is 2. The Labute approximate surface area is 120 Å². The maximum atomic E-state index is 12.1. The van der Waals surface area contributed by atoms with Crippen molar-refractivity contribution < 1.29 is 23.7 Å². The zero-order valence-corrected chi connectivity index (χ0v) is 11.2. The van der Waals surface area contributed by atoms with E-state index in [1.54, 1.807) is 24.5 Å². The molecule has 0 unspecified atom stereocenters. The number of fused-ring (bicyclic) bond motifs is 1. The molecule has 0 spiro atoms. The van der Waals surface area contributed by atoms with Gasteiger partial charge in [-0.05, 0) is 6.07 Å². The number of ether oxygens (including phenoxy) is 4. The van der Waals surface area contributed by atoms with E-state index in [2.05, 4.69) is 9.97 Å². The summed E-state index contributed by atoms with van der Waals surface area (Å²) in [5.41, 5.74) is 0.262. The van der Waals surface area contributed by atoms with Crippen LogP contribution in [-0.2, 0) is 11.3 Å². The number of benzene rings is 1. The summed E-state index contributed by atoms with van der Waals surface area (Å²) in [6.07, 6.45) is 3.16. The van der Waals surface area contributed by atoms with E-state index in [1.807, 2.05) is 0 Å². The molecule has 0 aliphatic carbocycles. The first-order valence-electron chi connectivity index (χ1n) is 6.18. The summed E-state index contributed by atoms with van der Waals surface area (Å²) >= 11 is 0. The van der Waals surface area contributed by atoms with Crippen molar-refractivity contribution in [2.24, 2.45) is 0 Å². The second-order valence-corrected chi connectivity index (χ2v) is 4.15. The van der Waals surface area contributed by atoms with Crippen LogP contribution in [0.4, 0.5) is 0 Å². The molecule has 0 bridgehead atoms. The molecule has 7 nitrogen and oxygen atoms in total. The molecule has 2 heterocycles. The van der Waals surface area contributed by atoms with Gasteiger partial charge in [-0.25, -0.2) is 14.8 Å². The summed E-state index contributed by atoms with van der Waals surface area (Å²) < 4.78 is 20.8. The van der Waals surface area contributed by atoms with Crippen molar-refractivity contribution in [1.82, 2.24) is 9.97 Å². The minimum Gasteiger partial charge on any atom is -0.496 e. The van der Waals surface area contributed by atoms with Gasteiger partial charge in [-0.1, -0.05) is 0 Å². The first kappa shape index (κ1) is 13.2. The molecular weight excluding hydrogens is 276 g/mol. The zero-order valence-electron chi connectivity index (χ0n) is 11.2. The number of hydrogen-bond donors (Lipinski definition) is 0. The van der Waals surface area contributed by atoms with E-state index in [9.17, 15) is 4.79 Å². The first-order valence-corrected chi connectivity index (χ1v) is 6.18. The fraction of sp³-hybridized carbons (Fsp3) is 0.214. The highest BCUT2D eigenvalue weighted by molar-refractivity contribution is 5.93. The summed E-state index contributed by atoms with van der Waals surface area (Å²) in [6, 6.07) is 4.82. The Hall–Kier alpha value is -2.83. The zero-order chi connectivity index (χ0) is 14.7. The van der Waals surface area contributed by atoms with E-state index >= 15 is 0 Å². The van der Waals surface area contributed by atoms with E-state index in [4.69, 9.17) is 18.9 Å². The van der Waals surface area contributed by atoms with Gasteiger partial charge in [0, 0.05) is 24.5 Å². The molecule has 0 atom stereocenters. The molecule has 0 saturated heterocycles. The van der Waals surface area contributed by atoms with Crippen molar-refractivity contribution in [3.63, 3.8) is 0 Å². The van der Waals surface area contributed by atoms with Crippen LogP contribution in [0.5, 0.6) is 17.2 Å². The van der Waals surface area contributed by atoms with Crippen LogP contribution in [0, 0.1) is 0 Å². The van der Waals surface area contributed by atoms with Crippen molar-refractivity contribution in [3.05, 3.63) is 42.0 Å². The SMILES string of the molecule is COc1cc2c(cc1C(=O)OCc1ncccn1)OCO2. The number of carbonyl (C=O) groups excluding carboxylic acids is 1. The molecule has 21 heavy (non-hydrogen) atoms. The van der Waals surface area contributed by atoms with Gasteiger partial charge in [0.1, 0.15) is 11.3 Å². The Morgan fingerprint density at radius 2 is 1.95 bits per heavy atom. The number of carbonyl (C=O) groups is 1. The van der Waals surface area contributed by atoms with E-state index < -0.39 is 5.97 Å². The Morgan fingerprint density at radius 1 is 1.24 bits per heavy atom. The molecule has 0 saturated carbocycles. The number of hydrogen-bond acceptors (Lipinski definition) is 7. The lowest BCUT2D eigenvalue weighted by atomic mass is 10.2. The third-order valence-electron chi connectivity index (χ3n) is 2.87. The van der Waals surface area contributed by atoms with Crippen LogP contribution in [0.1, 0.15) is 16.2 Å². The topological polar surface area (TPSA) is 79.8 Å². The summed E-state index contributed by atoms with van der Waals surface area (Å²) in [6.45, 7) is 0.103. The molecular formula is C14H12N2O5. The second kappa shape index (κ2) is 5.66. The van der Waals surface area contributed by atoms with Crippen LogP contribution in [-0.4, -0.2) is 29.8 Å². The number of esters is 1. The predicted molar refractivity (Wildman–Crippen MR) is 70.3 cm³/mol. The van der Waals surface area contributed by atoms with E-state index in [1.165, 1.54) is 13.2 Å². The van der Waals surface area contributed by atoms with Gasteiger partial charge >= 0.3 is 5.97 Å². The lowest BCUT2D eigenvalue weighted by Crippen LogP contribution is -2.08. The largest absolute Gasteiger partial charge is 0.496 e. The highest BCUT2D eigenvalue weighted by Crippen LogP contribution is 2.38. The molecule has 0 fully saturated rings. The van der Waals surface area contributed by atoms with Gasteiger partial charge in [0.2, 0.25) is 6.79 Å². The molecule has 108 valence electrons. The fourth-order valence-corrected chi connectivity index (χ4v) is 1.86. The molecule has 1 aliphatic heterocycles. The van der Waals surface area contributed by atoms with E-state index in [-0.39, 0.29) is 19.0 Å². The molecule has 1 aromatic heterocycles. The minimum absolute atomic E-state index is 0.0166. The smallest absolute Gasteiger partial charge is 0.342 e. The van der Waals surface area contributed by atoms with E-state index in [0.717, 1.165) is 0 Å². The lowest BCUT2D eigenvalue weighted by molar-refractivity contribution is 0.0458. The summed E-state index contributed by atoms with van der Waals surface area (Å²) in [4.78, 5) is 20.1. The van der Waals surface area contributed by atoms with Gasteiger partial charge in [-0.2, -0.15) is 0 Å². The van der Waals surface area contributed by atoms with Gasteiger partial charge in [0.25, 0.3) is 0 Å². The molecule has 1 aromatic carbocycles. The molecule has 7 heteroatoms. The van der Waals surface area contributed by atoms with Gasteiger partial charge in [0.05, 0.1) is 7.11 Å². The lowest BCUT2D eigenvalue weighted by Gasteiger charge is -2.09. The monoisotopic (exact) mass is 288 g/mol. The molecule has 3 rings (SSSR count). The van der Waals surface area contributed by atoms with E-state index in [0.29, 0.717) is 23.1 Å². The highest BCUT2D eigenvalue weighted by Gasteiger charge is 2.22. The Balaban J connectivity index is 1.78. The van der Waals surface area contributed by atoms with Crippen LogP contribution in [0.25, 0.3) is 0 Å². The molecule has 0 radical (unpaired) electrons. The Bertz CT molecular complexity index is 660. The average Bonchev–Trinajstić information content (AvgIpc) is 2.99. The average molecular weight is 288 g/mol. The molecule has 0 amide bonds. The van der Waals surface area contributed by atoms with Gasteiger partial charge in [-0.15, -0.1) is 0 Å². The van der Waals surface area contributed by atoms with Gasteiger partial charge in [0.15, 0.2) is 23.9 Å². The molecule has 0 N–H and O–H groups in total. The predicted octanol–water partition coefficient (Wildman–Crippen LogP) is 1.57. The molecule has 2 aromatic rings. The van der Waals surface area contributed by atoms with Crippen molar-refractivity contribution >= 4 is 5.97 Å². The van der Waals surface area contributed by atoms with Crippen molar-refractivity contribution in [3.8, 4) is 17.2 Å². The van der Waals surface area contributed by atoms with Crippen molar-refractivity contribution in [2.45, 2.75) is 6.61 Å².